The minimum atomic E-state index is -0.243. The molecule has 0 saturated carbocycles. The van der Waals surface area contributed by atoms with E-state index in [0.717, 1.165) is 56.5 Å². The third-order valence-corrected chi connectivity index (χ3v) is 4.86. The number of halogens is 3. The maximum absolute atomic E-state index is 13.5. The Morgan fingerprint density at radius 1 is 1.42 bits per heavy atom. The van der Waals surface area contributed by atoms with Crippen LogP contribution in [0.5, 0.6) is 0 Å². The summed E-state index contributed by atoms with van der Waals surface area (Å²) in [5.74, 6) is 1.33. The minimum absolute atomic E-state index is 0. The number of aliphatic imine (C=N–C) groups is 1. The topological polar surface area (TPSA) is 36.9 Å². The Morgan fingerprint density at radius 2 is 2.12 bits per heavy atom. The lowest BCUT2D eigenvalue weighted by Crippen LogP contribution is -2.39. The van der Waals surface area contributed by atoms with Crippen molar-refractivity contribution in [3.8, 4) is 0 Å². The first kappa shape index (κ1) is 21.6. The molecule has 24 heavy (non-hydrogen) atoms. The molecule has 0 bridgehead atoms. The van der Waals surface area contributed by atoms with E-state index in [0.29, 0.717) is 11.0 Å². The molecule has 4 nitrogen and oxygen atoms in total. The van der Waals surface area contributed by atoms with Crippen molar-refractivity contribution in [1.29, 1.82) is 0 Å². The zero-order valence-corrected chi connectivity index (χ0v) is 18.1. The summed E-state index contributed by atoms with van der Waals surface area (Å²) in [5, 5.41) is 3.29. The van der Waals surface area contributed by atoms with E-state index in [1.165, 1.54) is 6.07 Å². The van der Waals surface area contributed by atoms with Crippen LogP contribution in [-0.2, 0) is 11.3 Å². The summed E-state index contributed by atoms with van der Waals surface area (Å²) in [4.78, 5) is 6.44. The predicted molar refractivity (Wildman–Crippen MR) is 111 cm³/mol. The molecule has 1 fully saturated rings. The second-order valence-corrected chi connectivity index (χ2v) is 6.77. The van der Waals surface area contributed by atoms with E-state index in [2.05, 4.69) is 31.1 Å². The standard InChI is InChI=1S/C17H25BrFN3O.HI/c1-20-17(21-12-14-3-4-15(18)16(19)11-14)22(2)8-5-13-6-9-23-10-7-13;/h3-4,11,13H,5-10,12H2,1-2H3,(H,20,21);1H. The summed E-state index contributed by atoms with van der Waals surface area (Å²) >= 11 is 3.17. The summed E-state index contributed by atoms with van der Waals surface area (Å²) < 4.78 is 19.4. The van der Waals surface area contributed by atoms with Gasteiger partial charge in [0.1, 0.15) is 5.82 Å². The first-order valence-corrected chi connectivity index (χ1v) is 8.83. The number of nitrogens with zero attached hydrogens (tertiary/aromatic N) is 2. The highest BCUT2D eigenvalue weighted by Gasteiger charge is 2.15. The van der Waals surface area contributed by atoms with Gasteiger partial charge in [0.25, 0.3) is 0 Å². The zero-order chi connectivity index (χ0) is 16.7. The summed E-state index contributed by atoms with van der Waals surface area (Å²) in [5.41, 5.74) is 0.893. The maximum Gasteiger partial charge on any atom is 0.193 e. The van der Waals surface area contributed by atoms with Gasteiger partial charge in [-0.25, -0.2) is 4.39 Å². The van der Waals surface area contributed by atoms with Crippen LogP contribution in [0.1, 0.15) is 24.8 Å². The van der Waals surface area contributed by atoms with Crippen molar-refractivity contribution in [2.75, 3.05) is 33.9 Å². The highest BCUT2D eigenvalue weighted by atomic mass is 127. The molecule has 0 atom stereocenters. The van der Waals surface area contributed by atoms with Crippen molar-refractivity contribution in [1.82, 2.24) is 10.2 Å². The SMILES string of the molecule is CN=C(NCc1ccc(Br)c(F)c1)N(C)CCC1CCOCC1.I. The van der Waals surface area contributed by atoms with E-state index in [9.17, 15) is 4.39 Å². The van der Waals surface area contributed by atoms with Crippen molar-refractivity contribution >= 4 is 45.9 Å². The van der Waals surface area contributed by atoms with Gasteiger partial charge in [-0.3, -0.25) is 4.99 Å². The molecular formula is C17H26BrFIN3O. The number of ether oxygens (including phenoxy) is 1. The lowest BCUT2D eigenvalue weighted by Gasteiger charge is -2.26. The Hall–Kier alpha value is -0.410. The molecular weight excluding hydrogens is 488 g/mol. The van der Waals surface area contributed by atoms with Crippen molar-refractivity contribution in [2.45, 2.75) is 25.8 Å². The number of rotatable bonds is 5. The Labute approximate surface area is 169 Å². The number of hydrogen-bond acceptors (Lipinski definition) is 2. The maximum atomic E-state index is 13.5. The third-order valence-electron chi connectivity index (χ3n) is 4.22. The Morgan fingerprint density at radius 3 is 2.75 bits per heavy atom. The fraction of sp³-hybridized carbons (Fsp3) is 0.588. The van der Waals surface area contributed by atoms with E-state index >= 15 is 0 Å². The van der Waals surface area contributed by atoms with Crippen LogP contribution in [0.2, 0.25) is 0 Å². The summed E-state index contributed by atoms with van der Waals surface area (Å²) in [6.07, 6.45) is 3.45. The van der Waals surface area contributed by atoms with Crippen molar-refractivity contribution < 1.29 is 9.13 Å². The highest BCUT2D eigenvalue weighted by Crippen LogP contribution is 2.19. The lowest BCUT2D eigenvalue weighted by molar-refractivity contribution is 0.0625. The van der Waals surface area contributed by atoms with Gasteiger partial charge >= 0.3 is 0 Å². The van der Waals surface area contributed by atoms with Gasteiger partial charge in [0.05, 0.1) is 4.47 Å². The smallest absolute Gasteiger partial charge is 0.193 e. The average Bonchev–Trinajstić information content (AvgIpc) is 2.57. The second kappa shape index (κ2) is 11.3. The summed E-state index contributed by atoms with van der Waals surface area (Å²) in [7, 11) is 3.81. The van der Waals surface area contributed by atoms with Gasteiger partial charge < -0.3 is 15.0 Å². The largest absolute Gasteiger partial charge is 0.381 e. The molecule has 0 radical (unpaired) electrons. The molecule has 1 N–H and O–H groups in total. The van der Waals surface area contributed by atoms with Crippen molar-refractivity contribution in [3.05, 3.63) is 34.1 Å². The van der Waals surface area contributed by atoms with Gasteiger partial charge in [-0.05, 0) is 58.8 Å². The highest BCUT2D eigenvalue weighted by molar-refractivity contribution is 14.0. The molecule has 1 heterocycles. The lowest BCUT2D eigenvalue weighted by atomic mass is 9.96. The molecule has 0 aliphatic carbocycles. The molecule has 136 valence electrons. The molecule has 0 spiro atoms. The van der Waals surface area contributed by atoms with Crippen LogP contribution in [-0.4, -0.2) is 44.7 Å². The van der Waals surface area contributed by atoms with Crippen LogP contribution in [0.25, 0.3) is 0 Å². The second-order valence-electron chi connectivity index (χ2n) is 5.92. The Kier molecular flexibility index (Phi) is 10.1. The molecule has 1 aromatic carbocycles. The first-order chi connectivity index (χ1) is 11.1. The third kappa shape index (κ3) is 6.84. The van der Waals surface area contributed by atoms with Gasteiger partial charge in [-0.15, -0.1) is 24.0 Å². The molecule has 7 heteroatoms. The fourth-order valence-corrected chi connectivity index (χ4v) is 2.98. The Balaban J connectivity index is 0.00000288. The molecule has 1 saturated heterocycles. The number of guanidine groups is 1. The van der Waals surface area contributed by atoms with E-state index in [1.54, 1.807) is 13.1 Å². The van der Waals surface area contributed by atoms with Crippen LogP contribution < -0.4 is 5.32 Å². The molecule has 0 unspecified atom stereocenters. The van der Waals surface area contributed by atoms with E-state index in [1.807, 2.05) is 13.1 Å². The summed E-state index contributed by atoms with van der Waals surface area (Å²) in [6, 6.07) is 5.16. The van der Waals surface area contributed by atoms with Gasteiger partial charge in [0.2, 0.25) is 0 Å². The van der Waals surface area contributed by atoms with Gasteiger partial charge in [-0.1, -0.05) is 6.07 Å². The Bertz CT molecular complexity index is 539. The molecule has 1 aliphatic rings. The average molecular weight is 514 g/mol. The number of nitrogens with one attached hydrogen (secondary N) is 1. The van der Waals surface area contributed by atoms with Crippen LogP contribution in [0.4, 0.5) is 4.39 Å². The number of benzene rings is 1. The van der Waals surface area contributed by atoms with Crippen LogP contribution in [0, 0.1) is 11.7 Å². The van der Waals surface area contributed by atoms with E-state index in [4.69, 9.17) is 4.74 Å². The quantitative estimate of drug-likeness (QED) is 0.367. The first-order valence-electron chi connectivity index (χ1n) is 8.03. The molecule has 1 aromatic rings. The molecule has 1 aliphatic heterocycles. The molecule has 0 aromatic heterocycles. The van der Waals surface area contributed by atoms with Crippen molar-refractivity contribution in [2.24, 2.45) is 10.9 Å². The van der Waals surface area contributed by atoms with Crippen LogP contribution in [0.15, 0.2) is 27.7 Å². The van der Waals surface area contributed by atoms with Crippen LogP contribution >= 0.6 is 39.9 Å². The van der Waals surface area contributed by atoms with E-state index in [-0.39, 0.29) is 29.8 Å². The normalized spacial score (nSPS) is 15.8. The van der Waals surface area contributed by atoms with Crippen LogP contribution in [0.3, 0.4) is 0 Å². The van der Waals surface area contributed by atoms with E-state index < -0.39 is 0 Å². The van der Waals surface area contributed by atoms with Gasteiger partial charge in [0.15, 0.2) is 5.96 Å². The molecule has 2 rings (SSSR count). The predicted octanol–water partition coefficient (Wildman–Crippen LogP) is 4.03. The molecule has 0 amide bonds. The minimum Gasteiger partial charge on any atom is -0.381 e. The van der Waals surface area contributed by atoms with Gasteiger partial charge in [0, 0.05) is 40.4 Å². The zero-order valence-electron chi connectivity index (χ0n) is 14.2. The fourth-order valence-electron chi connectivity index (χ4n) is 2.73. The monoisotopic (exact) mass is 513 g/mol. The van der Waals surface area contributed by atoms with Gasteiger partial charge in [-0.2, -0.15) is 0 Å². The summed E-state index contributed by atoms with van der Waals surface area (Å²) in [6.45, 7) is 3.28. The van der Waals surface area contributed by atoms with Crippen molar-refractivity contribution in [3.63, 3.8) is 0 Å². The number of hydrogen-bond donors (Lipinski definition) is 1.